The Labute approximate surface area is 285 Å². The van der Waals surface area contributed by atoms with Gasteiger partial charge in [0.15, 0.2) is 0 Å². The molecule has 2 aromatic heterocycles. The molecule has 0 saturated heterocycles. The van der Waals surface area contributed by atoms with Crippen LogP contribution in [-0.2, 0) is 37.3 Å². The SMILES string of the molecule is CC(C)(c1ccccc1)c1ccnc(-c2[c-]cccc2)c1.[2H]C([2H])(c1ccccc1)c1ccnc(-c2[c-]ccc(C(C)(C)C)c2)c1.[Ir]. The molecule has 0 aliphatic rings. The molecule has 0 saturated carbocycles. The number of pyridine rings is 2. The van der Waals surface area contributed by atoms with Crippen molar-refractivity contribution >= 4 is 0 Å². The number of nitrogens with zero attached hydrogens (tertiary/aromatic N) is 2. The summed E-state index contributed by atoms with van der Waals surface area (Å²) >= 11 is 0. The molecule has 0 fully saturated rings. The van der Waals surface area contributed by atoms with Crippen LogP contribution >= 0.6 is 0 Å². The molecule has 0 aliphatic carbocycles. The normalized spacial score (nSPS) is 12.1. The van der Waals surface area contributed by atoms with Crippen molar-refractivity contribution in [1.82, 2.24) is 9.97 Å². The first kappa shape index (κ1) is 30.8. The topological polar surface area (TPSA) is 25.8 Å². The van der Waals surface area contributed by atoms with Gasteiger partial charge in [0.05, 0.1) is 0 Å². The van der Waals surface area contributed by atoms with Gasteiger partial charge in [-0.25, -0.2) is 0 Å². The summed E-state index contributed by atoms with van der Waals surface area (Å²) in [6, 6.07) is 48.1. The molecule has 0 aliphatic heterocycles. The summed E-state index contributed by atoms with van der Waals surface area (Å²) in [5, 5.41) is 0. The van der Waals surface area contributed by atoms with E-state index < -0.39 is 6.37 Å². The largest absolute Gasteiger partial charge is 0.305 e. The molecule has 2 heterocycles. The van der Waals surface area contributed by atoms with Crippen LogP contribution in [0.3, 0.4) is 0 Å². The fraction of sp³-hybridized carbons (Fsp3) is 0.190. The van der Waals surface area contributed by atoms with Gasteiger partial charge in [-0.05, 0) is 57.6 Å². The van der Waals surface area contributed by atoms with Gasteiger partial charge >= 0.3 is 0 Å². The Kier molecular flexibility index (Phi) is 10.4. The van der Waals surface area contributed by atoms with Gasteiger partial charge in [-0.3, -0.25) is 0 Å². The second kappa shape index (κ2) is 15.2. The molecule has 0 atom stereocenters. The third-order valence-electron chi connectivity index (χ3n) is 7.73. The summed E-state index contributed by atoms with van der Waals surface area (Å²) in [5.41, 5.74) is 8.63. The maximum absolute atomic E-state index is 8.54. The molecular weight excluding hydrogens is 725 g/mol. The van der Waals surface area contributed by atoms with E-state index in [2.05, 4.69) is 111 Å². The van der Waals surface area contributed by atoms with Crippen molar-refractivity contribution in [3.63, 3.8) is 0 Å². The van der Waals surface area contributed by atoms with E-state index in [4.69, 9.17) is 2.74 Å². The zero-order chi connectivity index (χ0) is 32.8. The van der Waals surface area contributed by atoms with E-state index in [1.54, 1.807) is 12.3 Å². The van der Waals surface area contributed by atoms with E-state index >= 15 is 0 Å². The summed E-state index contributed by atoms with van der Waals surface area (Å²) < 4.78 is 17.1. The Morgan fingerprint density at radius 2 is 1.18 bits per heavy atom. The van der Waals surface area contributed by atoms with Crippen molar-refractivity contribution in [1.29, 1.82) is 0 Å². The van der Waals surface area contributed by atoms with E-state index in [9.17, 15) is 0 Å². The van der Waals surface area contributed by atoms with Crippen molar-refractivity contribution in [2.24, 2.45) is 0 Å². The van der Waals surface area contributed by atoms with Crippen LogP contribution in [0.4, 0.5) is 0 Å². The fourth-order valence-corrected chi connectivity index (χ4v) is 4.97. The standard InChI is InChI=1S/C22H22N.C20H18N.Ir/c1-22(2,3)20-11-7-10-19(16-20)21-15-18(12-13-23-21)14-17-8-5-4-6-9-17;1-20(2,17-11-7-4-8-12-17)18-13-14-21-19(15-18)16-9-5-3-6-10-16;/h4-9,11-13,15-16H,14H2,1-3H3;3-9,11-15H,1-2H3;/q2*-1;/i14D2;;. The van der Waals surface area contributed by atoms with Gasteiger partial charge in [-0.15, -0.1) is 71.3 Å². The summed E-state index contributed by atoms with van der Waals surface area (Å²) in [4.78, 5) is 8.93. The van der Waals surface area contributed by atoms with Crippen molar-refractivity contribution in [3.05, 3.63) is 180 Å². The molecule has 1 radical (unpaired) electrons. The van der Waals surface area contributed by atoms with E-state index in [-0.39, 0.29) is 30.9 Å². The second-order valence-corrected chi connectivity index (χ2v) is 12.4. The molecule has 0 spiro atoms. The van der Waals surface area contributed by atoms with Crippen molar-refractivity contribution in [3.8, 4) is 22.5 Å². The van der Waals surface area contributed by atoms with Gasteiger partial charge in [-0.1, -0.05) is 107 Å². The molecule has 4 aromatic carbocycles. The minimum absolute atomic E-state index is 0. The van der Waals surface area contributed by atoms with E-state index in [1.807, 2.05) is 72.9 Å². The van der Waals surface area contributed by atoms with Crippen LogP contribution in [-0.4, -0.2) is 9.97 Å². The Morgan fingerprint density at radius 1 is 0.556 bits per heavy atom. The molecule has 6 rings (SSSR count). The van der Waals surface area contributed by atoms with Crippen LogP contribution in [0.15, 0.2) is 140 Å². The van der Waals surface area contributed by atoms with Gasteiger partial charge in [0.1, 0.15) is 0 Å². The maximum Gasteiger partial charge on any atom is 0.0365 e. The first-order valence-electron chi connectivity index (χ1n) is 16.0. The minimum atomic E-state index is -1.57. The van der Waals surface area contributed by atoms with Crippen LogP contribution < -0.4 is 0 Å². The Morgan fingerprint density at radius 3 is 1.84 bits per heavy atom. The van der Waals surface area contributed by atoms with Gasteiger partial charge in [0.2, 0.25) is 0 Å². The molecule has 6 aromatic rings. The monoisotopic (exact) mass is 767 g/mol. The van der Waals surface area contributed by atoms with Crippen molar-refractivity contribution in [2.75, 3.05) is 0 Å². The predicted molar refractivity (Wildman–Crippen MR) is 184 cm³/mol. The molecule has 0 amide bonds. The Bertz CT molecular complexity index is 1870. The number of aromatic nitrogens is 2. The van der Waals surface area contributed by atoms with Crippen LogP contribution in [0.5, 0.6) is 0 Å². The summed E-state index contributed by atoms with van der Waals surface area (Å²) in [6.45, 7) is 11.0. The Hall–Kier alpha value is -4.17. The molecule has 2 nitrogen and oxygen atoms in total. The summed E-state index contributed by atoms with van der Waals surface area (Å²) in [7, 11) is 0. The maximum atomic E-state index is 8.54. The molecule has 0 N–H and O–H groups in total. The molecule has 229 valence electrons. The zero-order valence-corrected chi connectivity index (χ0v) is 28.9. The quantitative estimate of drug-likeness (QED) is 0.158. The Balaban J connectivity index is 0.000000211. The average molecular weight is 767 g/mol. The molecule has 45 heavy (non-hydrogen) atoms. The molecule has 0 bridgehead atoms. The van der Waals surface area contributed by atoms with Crippen LogP contribution in [0.2, 0.25) is 0 Å². The van der Waals surface area contributed by atoms with Gasteiger partial charge in [-0.2, -0.15) is 0 Å². The summed E-state index contributed by atoms with van der Waals surface area (Å²) in [5.74, 6) is 0. The number of hydrogen-bond donors (Lipinski definition) is 0. The van der Waals surface area contributed by atoms with Gasteiger partial charge in [0, 0.05) is 40.7 Å². The van der Waals surface area contributed by atoms with Crippen molar-refractivity contribution in [2.45, 2.75) is 51.8 Å². The first-order chi connectivity index (χ1) is 22.0. The number of hydrogen-bond acceptors (Lipinski definition) is 2. The third-order valence-corrected chi connectivity index (χ3v) is 7.73. The van der Waals surface area contributed by atoms with Crippen LogP contribution in [0.25, 0.3) is 22.5 Å². The smallest absolute Gasteiger partial charge is 0.0365 e. The second-order valence-electron chi connectivity index (χ2n) is 12.4. The minimum Gasteiger partial charge on any atom is -0.305 e. The van der Waals surface area contributed by atoms with E-state index in [0.29, 0.717) is 11.1 Å². The third kappa shape index (κ3) is 8.94. The van der Waals surface area contributed by atoms with Gasteiger partial charge < -0.3 is 9.97 Å². The van der Waals surface area contributed by atoms with Crippen LogP contribution in [0, 0.1) is 12.1 Å². The predicted octanol–water partition coefficient (Wildman–Crippen LogP) is 10.3. The van der Waals surface area contributed by atoms with E-state index in [1.165, 1.54) is 16.7 Å². The first-order valence-corrected chi connectivity index (χ1v) is 15.0. The van der Waals surface area contributed by atoms with Crippen molar-refractivity contribution < 1.29 is 22.8 Å². The fourth-order valence-electron chi connectivity index (χ4n) is 4.97. The molecule has 3 heteroatoms. The average Bonchev–Trinajstić information content (AvgIpc) is 3.09. The summed E-state index contributed by atoms with van der Waals surface area (Å²) in [6.07, 6.45) is 1.99. The molecule has 0 unspecified atom stereocenters. The number of benzene rings is 4. The molecular formula is C42H40IrN2-2. The number of rotatable bonds is 6. The van der Waals surface area contributed by atoms with E-state index in [0.717, 1.165) is 22.5 Å². The van der Waals surface area contributed by atoms with Gasteiger partial charge in [0.25, 0.3) is 0 Å². The zero-order valence-electron chi connectivity index (χ0n) is 28.5. The van der Waals surface area contributed by atoms with Crippen LogP contribution in [0.1, 0.15) is 65.2 Å².